The monoisotopic (exact) mass is 354 g/mol. The van der Waals surface area contributed by atoms with E-state index in [-0.39, 0.29) is 30.6 Å². The summed E-state index contributed by atoms with van der Waals surface area (Å²) in [5.74, 6) is -3.03. The molecule has 1 rings (SSSR count). The third kappa shape index (κ3) is 7.31. The predicted octanol–water partition coefficient (Wildman–Crippen LogP) is 2.93. The summed E-state index contributed by atoms with van der Waals surface area (Å²) < 4.78 is 36.5. The van der Waals surface area contributed by atoms with Crippen molar-refractivity contribution in [1.82, 2.24) is 10.2 Å². The first-order valence-electron chi connectivity index (χ1n) is 8.22. The van der Waals surface area contributed by atoms with Gasteiger partial charge in [0, 0.05) is 18.5 Å². The highest BCUT2D eigenvalue weighted by molar-refractivity contribution is 5.89. The van der Waals surface area contributed by atoms with E-state index in [1.807, 2.05) is 33.0 Å². The molecule has 2 atom stereocenters. The Bertz CT molecular complexity index is 423. The number of nitrogens with zero attached hydrogens (tertiary/aromatic N) is 1. The molecule has 0 saturated carbocycles. The van der Waals surface area contributed by atoms with E-state index in [1.165, 1.54) is 11.8 Å². The van der Waals surface area contributed by atoms with Crippen LogP contribution in [0.25, 0.3) is 0 Å². The van der Waals surface area contributed by atoms with Gasteiger partial charge in [-0.1, -0.05) is 41.5 Å². The van der Waals surface area contributed by atoms with Crippen molar-refractivity contribution in [2.24, 2.45) is 5.92 Å². The lowest BCUT2D eigenvalue weighted by Gasteiger charge is -2.24. The summed E-state index contributed by atoms with van der Waals surface area (Å²) in [7, 11) is 0. The maximum atomic E-state index is 12.2. The standard InChI is InChI=1S/C12H17F3N2O3.2C2H6/c1-6(2)10(19)17-5-8(4-9(17)7(3)18)16-11(20)12(13,14)15;2*1-2/h6,8-9H,4-5H2,1-3H3,(H,16,20);2*1-2H3. The van der Waals surface area contributed by atoms with Crippen LogP contribution < -0.4 is 5.32 Å². The molecule has 0 aromatic rings. The number of nitrogens with one attached hydrogen (secondary N) is 1. The van der Waals surface area contributed by atoms with Gasteiger partial charge in [-0.3, -0.25) is 14.4 Å². The van der Waals surface area contributed by atoms with Gasteiger partial charge in [0.1, 0.15) is 0 Å². The van der Waals surface area contributed by atoms with Crippen LogP contribution in [0.2, 0.25) is 0 Å². The van der Waals surface area contributed by atoms with Gasteiger partial charge in [0.15, 0.2) is 5.78 Å². The van der Waals surface area contributed by atoms with Gasteiger partial charge in [0.05, 0.1) is 6.04 Å². The van der Waals surface area contributed by atoms with Crippen LogP contribution in [0.3, 0.4) is 0 Å². The second-order valence-corrected chi connectivity index (χ2v) is 5.18. The molecule has 1 aliphatic heterocycles. The molecule has 0 bridgehead atoms. The van der Waals surface area contributed by atoms with Gasteiger partial charge in [-0.15, -0.1) is 0 Å². The van der Waals surface area contributed by atoms with Gasteiger partial charge in [-0.2, -0.15) is 13.2 Å². The first-order valence-corrected chi connectivity index (χ1v) is 8.22. The van der Waals surface area contributed by atoms with Crippen molar-refractivity contribution in [2.75, 3.05) is 6.54 Å². The molecule has 0 spiro atoms. The average molecular weight is 354 g/mol. The molecule has 2 amide bonds. The van der Waals surface area contributed by atoms with Gasteiger partial charge in [-0.05, 0) is 13.3 Å². The first-order chi connectivity index (χ1) is 11.0. The van der Waals surface area contributed by atoms with Crippen LogP contribution >= 0.6 is 0 Å². The van der Waals surface area contributed by atoms with Crippen LogP contribution in [-0.4, -0.2) is 47.3 Å². The molecule has 0 radical (unpaired) electrons. The molecule has 1 N–H and O–H groups in total. The van der Waals surface area contributed by atoms with Crippen molar-refractivity contribution in [1.29, 1.82) is 0 Å². The Balaban J connectivity index is 0. The third-order valence-corrected chi connectivity index (χ3v) is 3.14. The molecule has 0 aromatic carbocycles. The quantitative estimate of drug-likeness (QED) is 0.847. The number of rotatable bonds is 3. The fourth-order valence-electron chi connectivity index (χ4n) is 2.17. The highest BCUT2D eigenvalue weighted by Gasteiger charge is 2.44. The molecular formula is C16H29F3N2O3. The summed E-state index contributed by atoms with van der Waals surface area (Å²) in [5.41, 5.74) is 0. The molecule has 0 aromatic heterocycles. The van der Waals surface area contributed by atoms with Crippen molar-refractivity contribution in [3.8, 4) is 0 Å². The smallest absolute Gasteiger partial charge is 0.344 e. The van der Waals surface area contributed by atoms with Gasteiger partial charge in [-0.25, -0.2) is 0 Å². The molecule has 1 aliphatic rings. The lowest BCUT2D eigenvalue weighted by atomic mass is 10.1. The number of hydrogen-bond donors (Lipinski definition) is 1. The van der Waals surface area contributed by atoms with E-state index in [2.05, 4.69) is 0 Å². The number of Topliss-reactive ketones (excluding diaryl/α,β-unsaturated/α-hetero) is 1. The lowest BCUT2D eigenvalue weighted by molar-refractivity contribution is -0.174. The highest BCUT2D eigenvalue weighted by atomic mass is 19.4. The number of carbonyl (C=O) groups is 3. The van der Waals surface area contributed by atoms with E-state index in [1.54, 1.807) is 13.8 Å². The molecule has 5 nitrogen and oxygen atoms in total. The maximum Gasteiger partial charge on any atom is 0.471 e. The minimum Gasteiger partial charge on any atom is -0.344 e. The van der Waals surface area contributed by atoms with Crippen LogP contribution in [-0.2, 0) is 14.4 Å². The second-order valence-electron chi connectivity index (χ2n) is 5.18. The predicted molar refractivity (Wildman–Crippen MR) is 86.3 cm³/mol. The zero-order valence-corrected chi connectivity index (χ0v) is 15.5. The Hall–Kier alpha value is -1.60. The highest BCUT2D eigenvalue weighted by Crippen LogP contribution is 2.23. The molecule has 1 heterocycles. The Morgan fingerprint density at radius 2 is 1.54 bits per heavy atom. The lowest BCUT2D eigenvalue weighted by Crippen LogP contribution is -2.45. The fraction of sp³-hybridized carbons (Fsp3) is 0.812. The minimum atomic E-state index is -4.97. The molecule has 0 aliphatic carbocycles. The van der Waals surface area contributed by atoms with E-state index in [0.29, 0.717) is 0 Å². The van der Waals surface area contributed by atoms with E-state index < -0.39 is 24.2 Å². The fourth-order valence-corrected chi connectivity index (χ4v) is 2.17. The summed E-state index contributed by atoms with van der Waals surface area (Å²) in [6.07, 6.45) is -4.96. The van der Waals surface area contributed by atoms with Gasteiger partial charge in [0.2, 0.25) is 5.91 Å². The molecule has 24 heavy (non-hydrogen) atoms. The number of halogens is 3. The summed E-state index contributed by atoms with van der Waals surface area (Å²) in [5, 5.41) is 1.82. The van der Waals surface area contributed by atoms with Crippen molar-refractivity contribution < 1.29 is 27.6 Å². The average Bonchev–Trinajstić information content (AvgIpc) is 2.93. The van der Waals surface area contributed by atoms with Crippen LogP contribution in [0.1, 0.15) is 54.9 Å². The molecule has 2 unspecified atom stereocenters. The maximum absolute atomic E-state index is 12.2. The van der Waals surface area contributed by atoms with Crippen molar-refractivity contribution in [3.63, 3.8) is 0 Å². The van der Waals surface area contributed by atoms with E-state index in [4.69, 9.17) is 0 Å². The largest absolute Gasteiger partial charge is 0.471 e. The molecule has 8 heteroatoms. The summed E-state index contributed by atoms with van der Waals surface area (Å²) in [6.45, 7) is 12.5. The Kier molecular flexibility index (Phi) is 11.3. The molecule has 1 fully saturated rings. The van der Waals surface area contributed by atoms with Crippen molar-refractivity contribution in [2.45, 2.75) is 73.1 Å². The Labute approximate surface area is 142 Å². The van der Waals surface area contributed by atoms with Crippen molar-refractivity contribution >= 4 is 17.6 Å². The summed E-state index contributed by atoms with van der Waals surface area (Å²) in [6, 6.07) is -1.64. The Morgan fingerprint density at radius 1 is 1.08 bits per heavy atom. The normalized spacial score (nSPS) is 19.7. The Morgan fingerprint density at radius 3 is 1.88 bits per heavy atom. The summed E-state index contributed by atoms with van der Waals surface area (Å²) >= 11 is 0. The molecule has 1 saturated heterocycles. The van der Waals surface area contributed by atoms with E-state index in [9.17, 15) is 27.6 Å². The third-order valence-electron chi connectivity index (χ3n) is 3.14. The van der Waals surface area contributed by atoms with Gasteiger partial charge in [0.25, 0.3) is 0 Å². The number of likely N-dealkylation sites (tertiary alicyclic amines) is 1. The number of hydrogen-bond acceptors (Lipinski definition) is 3. The van der Waals surface area contributed by atoms with Crippen molar-refractivity contribution in [3.05, 3.63) is 0 Å². The zero-order valence-electron chi connectivity index (χ0n) is 15.5. The van der Waals surface area contributed by atoms with Gasteiger partial charge >= 0.3 is 12.1 Å². The van der Waals surface area contributed by atoms with Crippen LogP contribution in [0.15, 0.2) is 0 Å². The van der Waals surface area contributed by atoms with E-state index in [0.717, 1.165) is 0 Å². The SMILES string of the molecule is CC.CC.CC(=O)C1CC(NC(=O)C(F)(F)F)CN1C(=O)C(C)C. The van der Waals surface area contributed by atoms with Crippen LogP contribution in [0.5, 0.6) is 0 Å². The van der Waals surface area contributed by atoms with E-state index >= 15 is 0 Å². The number of ketones is 1. The topological polar surface area (TPSA) is 66.5 Å². The van der Waals surface area contributed by atoms with Crippen LogP contribution in [0.4, 0.5) is 13.2 Å². The number of carbonyl (C=O) groups excluding carboxylic acids is 3. The van der Waals surface area contributed by atoms with Gasteiger partial charge < -0.3 is 10.2 Å². The first kappa shape index (κ1) is 24.6. The minimum absolute atomic E-state index is 0.00954. The zero-order chi connectivity index (χ0) is 19.7. The number of alkyl halides is 3. The van der Waals surface area contributed by atoms with Crippen LogP contribution in [0, 0.1) is 5.92 Å². The number of amides is 2. The molecular weight excluding hydrogens is 325 g/mol. The molecule has 142 valence electrons. The second kappa shape index (κ2) is 11.0. The summed E-state index contributed by atoms with van der Waals surface area (Å²) in [4.78, 5) is 35.5.